The van der Waals surface area contributed by atoms with Crippen molar-refractivity contribution in [3.05, 3.63) is 30.3 Å². The summed E-state index contributed by atoms with van der Waals surface area (Å²) < 4.78 is 5.43. The van der Waals surface area contributed by atoms with Crippen molar-refractivity contribution < 1.29 is 4.74 Å². The molecule has 0 aliphatic rings. The second-order valence-electron chi connectivity index (χ2n) is 2.29. The van der Waals surface area contributed by atoms with Crippen molar-refractivity contribution in [3.8, 4) is 5.75 Å². The van der Waals surface area contributed by atoms with Gasteiger partial charge < -0.3 is 4.74 Å². The van der Waals surface area contributed by atoms with Gasteiger partial charge in [-0.2, -0.15) is 0 Å². The summed E-state index contributed by atoms with van der Waals surface area (Å²) in [5, 5.41) is 0. The van der Waals surface area contributed by atoms with Crippen LogP contribution in [0, 0.1) is 0 Å². The van der Waals surface area contributed by atoms with Crippen molar-refractivity contribution in [3.63, 3.8) is 0 Å². The molecule has 0 saturated carbocycles. The zero-order valence-electron chi connectivity index (χ0n) is 6.53. The summed E-state index contributed by atoms with van der Waals surface area (Å²) in [5.41, 5.74) is 0.0115. The van der Waals surface area contributed by atoms with Gasteiger partial charge in [-0.25, -0.2) is 0 Å². The second kappa shape index (κ2) is 4.29. The number of ether oxygens (including phenoxy) is 1. The second-order valence-corrected chi connectivity index (χ2v) is 2.87. The van der Waals surface area contributed by atoms with Crippen molar-refractivity contribution in [1.29, 1.82) is 0 Å². The van der Waals surface area contributed by atoms with Crippen LogP contribution in [0.1, 0.15) is 13.3 Å². The Kier molecular flexibility index (Phi) is 3.30. The molecule has 0 amide bonds. The smallest absolute Gasteiger partial charge is 0.141 e. The number of rotatable bonds is 3. The largest absolute Gasteiger partial charge is 0.480 e. The summed E-state index contributed by atoms with van der Waals surface area (Å²) in [7, 11) is 0. The molecule has 0 radical (unpaired) electrons. The molecule has 60 valence electrons. The third kappa shape index (κ3) is 2.85. The highest BCUT2D eigenvalue weighted by molar-refractivity contribution is 7.80. The minimum absolute atomic E-state index is 0.0115. The van der Waals surface area contributed by atoms with E-state index in [9.17, 15) is 0 Å². The third-order valence-corrected chi connectivity index (χ3v) is 1.84. The van der Waals surface area contributed by atoms with Gasteiger partial charge in [0.15, 0.2) is 0 Å². The molecule has 0 bridgehead atoms. The van der Waals surface area contributed by atoms with E-state index in [1.54, 1.807) is 0 Å². The van der Waals surface area contributed by atoms with Gasteiger partial charge in [0.05, 0.1) is 0 Å². The lowest BCUT2D eigenvalue weighted by atomic mass is 10.3. The Morgan fingerprint density at radius 2 is 2.00 bits per heavy atom. The minimum atomic E-state index is 0.0115. The molecule has 0 aliphatic carbocycles. The molecule has 1 aromatic rings. The molecule has 11 heavy (non-hydrogen) atoms. The number of hydrogen-bond donors (Lipinski definition) is 1. The SMILES string of the molecule is CCC(S)Oc1ccccc1. The maximum atomic E-state index is 5.43. The first-order valence-corrected chi connectivity index (χ1v) is 4.24. The number of para-hydroxylation sites is 1. The number of benzene rings is 1. The zero-order chi connectivity index (χ0) is 8.10. The van der Waals surface area contributed by atoms with Gasteiger partial charge in [0, 0.05) is 0 Å². The zero-order valence-corrected chi connectivity index (χ0v) is 7.42. The Balaban J connectivity index is 2.51. The van der Waals surface area contributed by atoms with E-state index in [-0.39, 0.29) is 5.44 Å². The molecule has 0 heterocycles. The van der Waals surface area contributed by atoms with Gasteiger partial charge in [-0.1, -0.05) is 25.1 Å². The van der Waals surface area contributed by atoms with E-state index in [0.717, 1.165) is 12.2 Å². The maximum Gasteiger partial charge on any atom is 0.141 e. The quantitative estimate of drug-likeness (QED) is 0.539. The maximum absolute atomic E-state index is 5.43. The van der Waals surface area contributed by atoms with Crippen molar-refractivity contribution in [2.24, 2.45) is 0 Å². The summed E-state index contributed by atoms with van der Waals surface area (Å²) in [4.78, 5) is 0. The molecule has 1 unspecified atom stereocenters. The minimum Gasteiger partial charge on any atom is -0.480 e. The average molecular weight is 168 g/mol. The third-order valence-electron chi connectivity index (χ3n) is 1.36. The van der Waals surface area contributed by atoms with Crippen LogP contribution in [-0.2, 0) is 0 Å². The van der Waals surface area contributed by atoms with E-state index in [2.05, 4.69) is 12.6 Å². The fourth-order valence-electron chi connectivity index (χ4n) is 0.739. The van der Waals surface area contributed by atoms with E-state index in [4.69, 9.17) is 4.74 Å². The highest BCUT2D eigenvalue weighted by Crippen LogP contribution is 2.13. The Bertz CT molecular complexity index is 198. The van der Waals surface area contributed by atoms with E-state index < -0.39 is 0 Å². The molecule has 2 heteroatoms. The molecular formula is C9H12OS. The molecule has 0 aromatic heterocycles. The van der Waals surface area contributed by atoms with Gasteiger partial charge in [0.1, 0.15) is 11.2 Å². The standard InChI is InChI=1S/C9H12OS/c1-2-9(11)10-8-6-4-3-5-7-8/h3-7,9,11H,2H2,1H3. The van der Waals surface area contributed by atoms with Crippen molar-refractivity contribution in [1.82, 2.24) is 0 Å². The first-order valence-electron chi connectivity index (χ1n) is 3.72. The summed E-state index contributed by atoms with van der Waals surface area (Å²) in [5.74, 6) is 0.884. The molecule has 1 rings (SSSR count). The molecular weight excluding hydrogens is 156 g/mol. The first-order chi connectivity index (χ1) is 5.33. The summed E-state index contributed by atoms with van der Waals surface area (Å²) in [6.07, 6.45) is 0.915. The van der Waals surface area contributed by atoms with E-state index in [1.807, 2.05) is 37.3 Å². The van der Waals surface area contributed by atoms with Crippen molar-refractivity contribution in [2.75, 3.05) is 0 Å². The van der Waals surface area contributed by atoms with Crippen LogP contribution in [0.5, 0.6) is 5.75 Å². The van der Waals surface area contributed by atoms with Gasteiger partial charge in [0.25, 0.3) is 0 Å². The number of hydrogen-bond acceptors (Lipinski definition) is 2. The van der Waals surface area contributed by atoms with Gasteiger partial charge in [-0.3, -0.25) is 0 Å². The highest BCUT2D eigenvalue weighted by atomic mass is 32.1. The normalized spacial score (nSPS) is 12.5. The molecule has 1 atom stereocenters. The van der Waals surface area contributed by atoms with Crippen LogP contribution in [-0.4, -0.2) is 5.44 Å². The molecule has 1 aromatic carbocycles. The fraction of sp³-hybridized carbons (Fsp3) is 0.333. The molecule has 0 spiro atoms. The van der Waals surface area contributed by atoms with Crippen LogP contribution in [0.25, 0.3) is 0 Å². The van der Waals surface area contributed by atoms with E-state index in [1.165, 1.54) is 0 Å². The predicted molar refractivity (Wildman–Crippen MR) is 50.1 cm³/mol. The lowest BCUT2D eigenvalue weighted by Crippen LogP contribution is -2.06. The Morgan fingerprint density at radius 1 is 1.36 bits per heavy atom. The topological polar surface area (TPSA) is 9.23 Å². The van der Waals surface area contributed by atoms with Crippen LogP contribution < -0.4 is 4.74 Å². The van der Waals surface area contributed by atoms with Crippen LogP contribution >= 0.6 is 12.6 Å². The lowest BCUT2D eigenvalue weighted by molar-refractivity contribution is 0.286. The van der Waals surface area contributed by atoms with Gasteiger partial charge in [0.2, 0.25) is 0 Å². The summed E-state index contributed by atoms with van der Waals surface area (Å²) >= 11 is 4.22. The molecule has 1 nitrogen and oxygen atoms in total. The molecule has 0 fully saturated rings. The Hall–Kier alpha value is -0.630. The Labute approximate surface area is 72.8 Å². The van der Waals surface area contributed by atoms with E-state index >= 15 is 0 Å². The fourth-order valence-corrected chi connectivity index (χ4v) is 0.861. The lowest BCUT2D eigenvalue weighted by Gasteiger charge is -2.10. The monoisotopic (exact) mass is 168 g/mol. The van der Waals surface area contributed by atoms with Gasteiger partial charge in [-0.15, -0.1) is 12.6 Å². The molecule has 0 saturated heterocycles. The van der Waals surface area contributed by atoms with Crippen LogP contribution in [0.3, 0.4) is 0 Å². The first kappa shape index (κ1) is 8.47. The van der Waals surface area contributed by atoms with Crippen molar-refractivity contribution in [2.45, 2.75) is 18.8 Å². The van der Waals surface area contributed by atoms with Crippen LogP contribution in [0.4, 0.5) is 0 Å². The predicted octanol–water partition coefficient (Wildman–Crippen LogP) is 2.73. The van der Waals surface area contributed by atoms with Gasteiger partial charge >= 0.3 is 0 Å². The molecule has 0 aliphatic heterocycles. The van der Waals surface area contributed by atoms with Crippen LogP contribution in [0.15, 0.2) is 30.3 Å². The highest BCUT2D eigenvalue weighted by Gasteiger charge is 1.98. The number of thiol groups is 1. The average Bonchev–Trinajstić information content (AvgIpc) is 2.06. The van der Waals surface area contributed by atoms with Crippen molar-refractivity contribution >= 4 is 12.6 Å². The van der Waals surface area contributed by atoms with Gasteiger partial charge in [-0.05, 0) is 18.6 Å². The molecule has 0 N–H and O–H groups in total. The summed E-state index contributed by atoms with van der Waals surface area (Å²) in [6, 6.07) is 9.72. The van der Waals surface area contributed by atoms with Crippen LogP contribution in [0.2, 0.25) is 0 Å². The Morgan fingerprint density at radius 3 is 2.55 bits per heavy atom. The van der Waals surface area contributed by atoms with E-state index in [0.29, 0.717) is 0 Å². The summed E-state index contributed by atoms with van der Waals surface area (Å²) in [6.45, 7) is 2.04.